The van der Waals surface area contributed by atoms with Crippen LogP contribution in [-0.2, 0) is 9.59 Å². The lowest BCUT2D eigenvalue weighted by Crippen LogP contribution is -2.32. The van der Waals surface area contributed by atoms with Gasteiger partial charge in [-0.2, -0.15) is 5.10 Å². The minimum Gasteiger partial charge on any atom is -0.321 e. The summed E-state index contributed by atoms with van der Waals surface area (Å²) >= 11 is 5.75. The molecule has 3 N–H and O–H groups in total. The molecule has 8 heteroatoms. The van der Waals surface area contributed by atoms with Gasteiger partial charge in [0, 0.05) is 16.2 Å². The number of nitrogens with zero attached hydrogens (tertiary/aromatic N) is 1. The second-order valence-corrected chi connectivity index (χ2v) is 5.74. The number of hydrogen-bond acceptors (Lipinski definition) is 4. The number of nitrogens with one attached hydrogen (secondary N) is 3. The Morgan fingerprint density at radius 2 is 1.77 bits per heavy atom. The van der Waals surface area contributed by atoms with Gasteiger partial charge in [0.25, 0.3) is 5.56 Å². The van der Waals surface area contributed by atoms with Crippen LogP contribution in [-0.4, -0.2) is 23.0 Å². The summed E-state index contributed by atoms with van der Waals surface area (Å²) in [5.74, 6) is -1.86. The van der Waals surface area contributed by atoms with E-state index >= 15 is 0 Å². The van der Waals surface area contributed by atoms with Crippen LogP contribution in [0.3, 0.4) is 0 Å². The number of halogens is 1. The summed E-state index contributed by atoms with van der Waals surface area (Å²) in [4.78, 5) is 38.2. The molecule has 0 atom stereocenters. The summed E-state index contributed by atoms with van der Waals surface area (Å²) in [6.45, 7) is 0. The molecule has 3 rings (SSSR count). The van der Waals surface area contributed by atoms with Gasteiger partial charge in [-0.05, 0) is 41.8 Å². The van der Waals surface area contributed by atoms with E-state index in [2.05, 4.69) is 20.8 Å². The van der Waals surface area contributed by atoms with Gasteiger partial charge < -0.3 is 10.3 Å². The highest BCUT2D eigenvalue weighted by Gasteiger charge is 2.12. The Kier molecular flexibility index (Phi) is 5.09. The lowest BCUT2D eigenvalue weighted by Gasteiger charge is -2.03. The molecule has 2 amide bonds. The van der Waals surface area contributed by atoms with Crippen molar-refractivity contribution in [2.24, 2.45) is 5.10 Å². The second kappa shape index (κ2) is 7.62. The first kappa shape index (κ1) is 17.4. The highest BCUT2D eigenvalue weighted by molar-refractivity contribution is 6.39. The van der Waals surface area contributed by atoms with Gasteiger partial charge in [-0.15, -0.1) is 0 Å². The van der Waals surface area contributed by atoms with Crippen molar-refractivity contribution >= 4 is 46.2 Å². The third-order valence-electron chi connectivity index (χ3n) is 3.46. The molecule has 7 nitrogen and oxygen atoms in total. The molecule has 0 fully saturated rings. The average molecular weight is 369 g/mol. The number of carbonyl (C=O) groups excluding carboxylic acids is 2. The van der Waals surface area contributed by atoms with E-state index in [1.807, 2.05) is 18.2 Å². The predicted molar refractivity (Wildman–Crippen MR) is 100 cm³/mol. The van der Waals surface area contributed by atoms with E-state index in [-0.39, 0.29) is 11.1 Å². The number of para-hydroxylation sites is 1. The highest BCUT2D eigenvalue weighted by Crippen LogP contribution is 2.13. The van der Waals surface area contributed by atoms with Crippen LogP contribution in [0.15, 0.2) is 64.5 Å². The maximum absolute atomic E-state index is 12.0. The Morgan fingerprint density at radius 1 is 1.04 bits per heavy atom. The number of hydrazone groups is 1. The van der Waals surface area contributed by atoms with Crippen molar-refractivity contribution < 1.29 is 9.59 Å². The zero-order valence-electron chi connectivity index (χ0n) is 13.3. The number of benzene rings is 2. The van der Waals surface area contributed by atoms with Crippen LogP contribution in [0.4, 0.5) is 5.69 Å². The van der Waals surface area contributed by atoms with Crippen molar-refractivity contribution in [1.29, 1.82) is 0 Å². The average Bonchev–Trinajstić information content (AvgIpc) is 2.63. The fourth-order valence-corrected chi connectivity index (χ4v) is 2.32. The van der Waals surface area contributed by atoms with Crippen molar-refractivity contribution in [2.75, 3.05) is 5.32 Å². The van der Waals surface area contributed by atoms with Crippen LogP contribution >= 0.6 is 11.6 Å². The summed E-state index contributed by atoms with van der Waals surface area (Å²) in [6.07, 6.45) is 1.18. The number of hydrogen-bond donors (Lipinski definition) is 3. The maximum Gasteiger partial charge on any atom is 0.329 e. The Morgan fingerprint density at radius 3 is 2.54 bits per heavy atom. The molecule has 2 aromatic carbocycles. The molecular weight excluding hydrogens is 356 g/mol. The zero-order chi connectivity index (χ0) is 18.5. The number of aromatic nitrogens is 1. The number of amides is 2. The summed E-state index contributed by atoms with van der Waals surface area (Å²) in [5.41, 5.74) is 3.09. The van der Waals surface area contributed by atoms with E-state index in [0.717, 1.165) is 5.39 Å². The van der Waals surface area contributed by atoms with Gasteiger partial charge in [-0.1, -0.05) is 29.8 Å². The molecule has 0 radical (unpaired) electrons. The number of pyridine rings is 1. The van der Waals surface area contributed by atoms with E-state index in [1.165, 1.54) is 6.21 Å². The molecule has 0 spiro atoms. The van der Waals surface area contributed by atoms with Crippen LogP contribution in [0.1, 0.15) is 5.56 Å². The molecule has 0 aliphatic rings. The van der Waals surface area contributed by atoms with Gasteiger partial charge in [0.2, 0.25) is 0 Å². The lowest BCUT2D eigenvalue weighted by molar-refractivity contribution is -0.136. The quantitative estimate of drug-likeness (QED) is 0.375. The minimum absolute atomic E-state index is 0.252. The highest BCUT2D eigenvalue weighted by atomic mass is 35.5. The SMILES string of the molecule is O=C(N/N=C/c1cc2ccccc2[nH]c1=O)C(=O)Nc1ccc(Cl)cc1. The number of fused-ring (bicyclic) bond motifs is 1. The van der Waals surface area contributed by atoms with E-state index < -0.39 is 11.8 Å². The van der Waals surface area contributed by atoms with E-state index in [0.29, 0.717) is 16.2 Å². The van der Waals surface area contributed by atoms with Crippen molar-refractivity contribution in [1.82, 2.24) is 10.4 Å². The van der Waals surface area contributed by atoms with Gasteiger partial charge >= 0.3 is 11.8 Å². The third kappa shape index (κ3) is 4.14. The molecule has 0 aliphatic heterocycles. The van der Waals surface area contributed by atoms with Gasteiger partial charge in [0.15, 0.2) is 0 Å². The molecule has 0 unspecified atom stereocenters. The normalized spacial score (nSPS) is 10.8. The van der Waals surface area contributed by atoms with E-state index in [4.69, 9.17) is 11.6 Å². The maximum atomic E-state index is 12.0. The first-order valence-corrected chi connectivity index (χ1v) is 7.93. The van der Waals surface area contributed by atoms with Crippen LogP contribution in [0, 0.1) is 0 Å². The molecule has 1 aromatic heterocycles. The second-order valence-electron chi connectivity index (χ2n) is 5.30. The van der Waals surface area contributed by atoms with Crippen LogP contribution < -0.4 is 16.3 Å². The van der Waals surface area contributed by atoms with Gasteiger partial charge in [-0.25, -0.2) is 5.43 Å². The lowest BCUT2D eigenvalue weighted by atomic mass is 10.2. The molecule has 1 heterocycles. The molecule has 0 saturated carbocycles. The molecule has 3 aromatic rings. The molecule has 26 heavy (non-hydrogen) atoms. The largest absolute Gasteiger partial charge is 0.329 e. The van der Waals surface area contributed by atoms with Gasteiger partial charge in [0.05, 0.1) is 11.8 Å². The van der Waals surface area contributed by atoms with Crippen molar-refractivity contribution in [2.45, 2.75) is 0 Å². The topological polar surface area (TPSA) is 103 Å². The van der Waals surface area contributed by atoms with Crippen molar-refractivity contribution in [3.05, 3.63) is 75.5 Å². The molecule has 0 saturated heterocycles. The van der Waals surface area contributed by atoms with Crippen LogP contribution in [0.2, 0.25) is 5.02 Å². The summed E-state index contributed by atoms with van der Waals surface area (Å²) in [5, 5.41) is 7.39. The summed E-state index contributed by atoms with van der Waals surface area (Å²) in [7, 11) is 0. The van der Waals surface area contributed by atoms with E-state index in [9.17, 15) is 14.4 Å². The fraction of sp³-hybridized carbons (Fsp3) is 0. The first-order chi connectivity index (χ1) is 12.5. The number of carbonyl (C=O) groups is 2. The first-order valence-electron chi connectivity index (χ1n) is 7.55. The fourth-order valence-electron chi connectivity index (χ4n) is 2.19. The van der Waals surface area contributed by atoms with Gasteiger partial charge in [0.1, 0.15) is 0 Å². The molecular formula is C18H13ClN4O3. The molecule has 130 valence electrons. The van der Waals surface area contributed by atoms with Crippen LogP contribution in [0.5, 0.6) is 0 Å². The van der Waals surface area contributed by atoms with Crippen LogP contribution in [0.25, 0.3) is 10.9 Å². The number of aromatic amines is 1. The Labute approximate surface area is 152 Å². The standard InChI is InChI=1S/C18H13ClN4O3/c19-13-5-7-14(8-6-13)21-17(25)18(26)23-20-10-12-9-11-3-1-2-4-15(11)22-16(12)24/h1-10H,(H,21,25)(H,22,24)(H,23,26)/b20-10+. The number of H-pyrrole nitrogens is 1. The minimum atomic E-state index is -0.964. The Bertz CT molecular complexity index is 1060. The molecule has 0 bridgehead atoms. The Hall–Kier alpha value is -3.45. The smallest absolute Gasteiger partial charge is 0.321 e. The third-order valence-corrected chi connectivity index (χ3v) is 3.71. The zero-order valence-corrected chi connectivity index (χ0v) is 14.1. The summed E-state index contributed by atoms with van der Waals surface area (Å²) < 4.78 is 0. The predicted octanol–water partition coefficient (Wildman–Crippen LogP) is 2.27. The Balaban J connectivity index is 1.65. The van der Waals surface area contributed by atoms with Gasteiger partial charge in [-0.3, -0.25) is 14.4 Å². The monoisotopic (exact) mass is 368 g/mol. The van der Waals surface area contributed by atoms with Crippen molar-refractivity contribution in [3.63, 3.8) is 0 Å². The number of rotatable bonds is 3. The van der Waals surface area contributed by atoms with Crippen molar-refractivity contribution in [3.8, 4) is 0 Å². The summed E-state index contributed by atoms with van der Waals surface area (Å²) in [6, 6.07) is 15.2. The number of anilines is 1. The van der Waals surface area contributed by atoms with E-state index in [1.54, 1.807) is 36.4 Å². The molecule has 0 aliphatic carbocycles.